The molecule has 3 rings (SSSR count). The molecule has 0 aromatic heterocycles. The van der Waals surface area contributed by atoms with Crippen molar-refractivity contribution in [3.63, 3.8) is 0 Å². The summed E-state index contributed by atoms with van der Waals surface area (Å²) in [7, 11) is 0. The summed E-state index contributed by atoms with van der Waals surface area (Å²) in [5.74, 6) is 0. The highest BCUT2D eigenvalue weighted by Crippen LogP contribution is 2.27. The number of anilines is 2. The van der Waals surface area contributed by atoms with E-state index in [1.807, 2.05) is 13.0 Å². The average Bonchev–Trinajstić information content (AvgIpc) is 3.04. The minimum absolute atomic E-state index is 0.241. The number of benzene rings is 1. The summed E-state index contributed by atoms with van der Waals surface area (Å²) in [6.07, 6.45) is 8.49. The molecule has 2 aliphatic rings. The smallest absolute Gasteiger partial charge is 0.319 e. The zero-order valence-electron chi connectivity index (χ0n) is 15.3. The first-order valence-electron chi connectivity index (χ1n) is 9.69. The van der Waals surface area contributed by atoms with Crippen molar-refractivity contribution in [3.05, 3.63) is 23.8 Å². The Bertz CT molecular complexity index is 589. The number of amides is 2. The van der Waals surface area contributed by atoms with Gasteiger partial charge in [0.25, 0.3) is 0 Å². The van der Waals surface area contributed by atoms with Gasteiger partial charge < -0.3 is 20.6 Å². The predicted octanol–water partition coefficient (Wildman–Crippen LogP) is 3.80. The van der Waals surface area contributed by atoms with Crippen LogP contribution in [0.2, 0.25) is 0 Å². The molecule has 2 fully saturated rings. The van der Waals surface area contributed by atoms with Crippen LogP contribution in [0.25, 0.3) is 0 Å². The Morgan fingerprint density at radius 1 is 1.12 bits per heavy atom. The number of aliphatic hydroxyl groups is 1. The quantitative estimate of drug-likeness (QED) is 0.727. The normalized spacial score (nSPS) is 20.2. The first kappa shape index (κ1) is 18.1. The molecule has 1 aromatic rings. The fourth-order valence-electron chi connectivity index (χ4n) is 3.93. The molecule has 2 amide bonds. The van der Waals surface area contributed by atoms with Gasteiger partial charge in [-0.15, -0.1) is 0 Å². The lowest BCUT2D eigenvalue weighted by molar-refractivity contribution is 0.0281. The lowest BCUT2D eigenvalue weighted by Gasteiger charge is -2.27. The lowest BCUT2D eigenvalue weighted by Crippen LogP contribution is -2.44. The summed E-state index contributed by atoms with van der Waals surface area (Å²) in [6.45, 7) is 4.58. The molecule has 25 heavy (non-hydrogen) atoms. The van der Waals surface area contributed by atoms with Crippen LogP contribution in [0.1, 0.15) is 56.9 Å². The monoisotopic (exact) mass is 345 g/mol. The third-order valence-corrected chi connectivity index (χ3v) is 5.54. The maximum atomic E-state index is 12.2. The van der Waals surface area contributed by atoms with Crippen molar-refractivity contribution in [2.45, 2.75) is 63.9 Å². The highest BCUT2D eigenvalue weighted by Gasteiger charge is 2.28. The van der Waals surface area contributed by atoms with Gasteiger partial charge in [-0.1, -0.05) is 25.7 Å². The Labute approximate surface area is 150 Å². The van der Waals surface area contributed by atoms with Crippen LogP contribution in [0.4, 0.5) is 16.2 Å². The third-order valence-electron chi connectivity index (χ3n) is 5.54. The van der Waals surface area contributed by atoms with Crippen molar-refractivity contribution in [3.8, 4) is 0 Å². The number of hydrogen-bond acceptors (Lipinski definition) is 3. The molecule has 0 radical (unpaired) electrons. The maximum absolute atomic E-state index is 12.2. The fourth-order valence-corrected chi connectivity index (χ4v) is 3.93. The second kappa shape index (κ2) is 8.09. The van der Waals surface area contributed by atoms with E-state index in [4.69, 9.17) is 0 Å². The second-order valence-corrected chi connectivity index (χ2v) is 7.64. The van der Waals surface area contributed by atoms with Crippen LogP contribution in [0.5, 0.6) is 0 Å². The molecule has 0 spiro atoms. The Morgan fingerprint density at radius 2 is 1.80 bits per heavy atom. The van der Waals surface area contributed by atoms with E-state index in [9.17, 15) is 9.90 Å². The van der Waals surface area contributed by atoms with Crippen molar-refractivity contribution in [1.82, 2.24) is 5.32 Å². The number of aryl methyl sites for hydroxylation is 1. The molecular weight excluding hydrogens is 314 g/mol. The number of carbonyl (C=O) groups is 1. The van der Waals surface area contributed by atoms with E-state index in [0.29, 0.717) is 6.54 Å². The number of rotatable bonds is 4. The minimum atomic E-state index is -0.748. The van der Waals surface area contributed by atoms with Gasteiger partial charge in [-0.25, -0.2) is 4.79 Å². The van der Waals surface area contributed by atoms with Crippen LogP contribution >= 0.6 is 0 Å². The van der Waals surface area contributed by atoms with Crippen LogP contribution in [-0.2, 0) is 0 Å². The summed E-state index contributed by atoms with van der Waals surface area (Å²) in [4.78, 5) is 14.6. The lowest BCUT2D eigenvalue weighted by atomic mass is 9.95. The molecule has 5 heteroatoms. The molecule has 0 unspecified atom stereocenters. The van der Waals surface area contributed by atoms with Crippen molar-refractivity contribution < 1.29 is 9.90 Å². The van der Waals surface area contributed by atoms with Crippen molar-refractivity contribution in [1.29, 1.82) is 0 Å². The molecule has 1 saturated heterocycles. The number of urea groups is 1. The van der Waals surface area contributed by atoms with Crippen LogP contribution in [-0.4, -0.2) is 36.4 Å². The minimum Gasteiger partial charge on any atom is -0.388 e. The summed E-state index contributed by atoms with van der Waals surface area (Å²) in [6, 6.07) is 5.95. The Hall–Kier alpha value is -1.75. The van der Waals surface area contributed by atoms with Gasteiger partial charge in [-0.3, -0.25) is 0 Å². The number of hydrogen-bond donors (Lipinski definition) is 3. The molecule has 0 bridgehead atoms. The topological polar surface area (TPSA) is 64.6 Å². The standard InChI is InChI=1S/C20H31N3O2/c1-16-14-17(23-12-6-7-13-23)8-9-18(16)22-19(24)21-15-20(25)10-4-2-3-5-11-20/h8-9,14,25H,2-7,10-13,15H2,1H3,(H2,21,22,24). The van der Waals surface area contributed by atoms with Crippen LogP contribution in [0, 0.1) is 6.92 Å². The second-order valence-electron chi connectivity index (χ2n) is 7.64. The highest BCUT2D eigenvalue weighted by molar-refractivity contribution is 5.90. The van der Waals surface area contributed by atoms with Gasteiger partial charge in [0.2, 0.25) is 0 Å². The van der Waals surface area contributed by atoms with Crippen LogP contribution in [0.15, 0.2) is 18.2 Å². The summed E-state index contributed by atoms with van der Waals surface area (Å²) in [5, 5.41) is 16.4. The molecule has 1 heterocycles. The van der Waals surface area contributed by atoms with Crippen molar-refractivity contribution >= 4 is 17.4 Å². The van der Waals surface area contributed by atoms with Gasteiger partial charge in [0.1, 0.15) is 0 Å². The fraction of sp³-hybridized carbons (Fsp3) is 0.650. The van der Waals surface area contributed by atoms with Gasteiger partial charge in [0.05, 0.1) is 5.60 Å². The molecule has 1 aromatic carbocycles. The van der Waals surface area contributed by atoms with Gasteiger partial charge in [0.15, 0.2) is 0 Å². The van der Waals surface area contributed by atoms with E-state index < -0.39 is 5.60 Å². The van der Waals surface area contributed by atoms with Crippen LogP contribution < -0.4 is 15.5 Å². The van der Waals surface area contributed by atoms with E-state index in [2.05, 4.69) is 27.7 Å². The summed E-state index contributed by atoms with van der Waals surface area (Å²) >= 11 is 0. The third kappa shape index (κ3) is 4.88. The number of nitrogens with one attached hydrogen (secondary N) is 2. The Balaban J connectivity index is 1.53. The van der Waals surface area contributed by atoms with Gasteiger partial charge in [-0.05, 0) is 56.4 Å². The molecule has 0 atom stereocenters. The van der Waals surface area contributed by atoms with Crippen molar-refractivity contribution in [2.24, 2.45) is 0 Å². The van der Waals surface area contributed by atoms with E-state index >= 15 is 0 Å². The Kier molecular flexibility index (Phi) is 5.84. The molecule has 1 saturated carbocycles. The number of carbonyl (C=O) groups excluding carboxylic acids is 1. The SMILES string of the molecule is Cc1cc(N2CCCC2)ccc1NC(=O)NCC1(O)CCCCCC1. The number of nitrogens with zero attached hydrogens (tertiary/aromatic N) is 1. The zero-order valence-corrected chi connectivity index (χ0v) is 15.3. The molecule has 5 nitrogen and oxygen atoms in total. The molecule has 3 N–H and O–H groups in total. The van der Waals surface area contributed by atoms with Crippen LogP contribution in [0.3, 0.4) is 0 Å². The first-order chi connectivity index (χ1) is 12.1. The Morgan fingerprint density at radius 3 is 2.44 bits per heavy atom. The van der Waals surface area contributed by atoms with Gasteiger partial charge in [-0.2, -0.15) is 0 Å². The first-order valence-corrected chi connectivity index (χ1v) is 9.69. The molecule has 1 aliphatic heterocycles. The summed E-state index contributed by atoms with van der Waals surface area (Å²) < 4.78 is 0. The van der Waals surface area contributed by atoms with E-state index in [-0.39, 0.29) is 6.03 Å². The zero-order chi connectivity index (χ0) is 17.7. The van der Waals surface area contributed by atoms with Crippen molar-refractivity contribution in [2.75, 3.05) is 29.9 Å². The predicted molar refractivity (Wildman–Crippen MR) is 102 cm³/mol. The van der Waals surface area contributed by atoms with Gasteiger partial charge in [0, 0.05) is 31.0 Å². The summed E-state index contributed by atoms with van der Waals surface area (Å²) in [5.41, 5.74) is 2.37. The largest absolute Gasteiger partial charge is 0.388 e. The van der Waals surface area contributed by atoms with E-state index in [0.717, 1.165) is 50.0 Å². The van der Waals surface area contributed by atoms with Gasteiger partial charge >= 0.3 is 6.03 Å². The maximum Gasteiger partial charge on any atom is 0.319 e. The average molecular weight is 345 g/mol. The molecule has 138 valence electrons. The highest BCUT2D eigenvalue weighted by atomic mass is 16.3. The molecule has 1 aliphatic carbocycles. The van der Waals surface area contributed by atoms with E-state index in [1.165, 1.54) is 31.4 Å². The molecular formula is C20H31N3O2. The van der Waals surface area contributed by atoms with E-state index in [1.54, 1.807) is 0 Å².